The van der Waals surface area contributed by atoms with Gasteiger partial charge < -0.3 is 9.73 Å². The zero-order chi connectivity index (χ0) is 13.8. The van der Waals surface area contributed by atoms with Gasteiger partial charge in [-0.3, -0.25) is 0 Å². The summed E-state index contributed by atoms with van der Waals surface area (Å²) in [4.78, 5) is 4.26. The van der Waals surface area contributed by atoms with E-state index >= 15 is 0 Å². The molecule has 0 spiro atoms. The van der Waals surface area contributed by atoms with Crippen molar-refractivity contribution in [1.29, 1.82) is 0 Å². The molecule has 19 heavy (non-hydrogen) atoms. The summed E-state index contributed by atoms with van der Waals surface area (Å²) in [5.41, 5.74) is 1.73. The third kappa shape index (κ3) is 3.81. The molecule has 0 amide bonds. The first-order valence-electron chi connectivity index (χ1n) is 6.16. The normalized spacial score (nSPS) is 11.2. The molecule has 1 N–H and O–H groups in total. The Labute approximate surface area is 126 Å². The molecule has 0 atom stereocenters. The van der Waals surface area contributed by atoms with E-state index in [0.29, 0.717) is 17.5 Å². The Kier molecular flexibility index (Phi) is 5.02. The molecule has 102 valence electrons. The number of hydrogen-bond acceptors (Lipinski definition) is 3. The van der Waals surface area contributed by atoms with Crippen molar-refractivity contribution >= 4 is 27.5 Å². The van der Waals surface area contributed by atoms with Crippen molar-refractivity contribution in [3.8, 4) is 11.3 Å². The fourth-order valence-electron chi connectivity index (χ4n) is 1.76. The average molecular weight is 344 g/mol. The van der Waals surface area contributed by atoms with E-state index in [1.54, 1.807) is 0 Å². The van der Waals surface area contributed by atoms with E-state index in [1.165, 1.54) is 6.39 Å². The van der Waals surface area contributed by atoms with E-state index in [0.717, 1.165) is 28.0 Å². The Hall–Kier alpha value is -0.840. The Bertz CT molecular complexity index is 554. The molecule has 0 aliphatic rings. The van der Waals surface area contributed by atoms with E-state index in [2.05, 4.69) is 40.1 Å². The number of halogens is 2. The third-order valence-electron chi connectivity index (χ3n) is 2.66. The van der Waals surface area contributed by atoms with Crippen molar-refractivity contribution < 1.29 is 4.42 Å². The van der Waals surface area contributed by atoms with Gasteiger partial charge in [0.1, 0.15) is 5.69 Å². The van der Waals surface area contributed by atoms with Crippen LogP contribution in [0.25, 0.3) is 11.3 Å². The van der Waals surface area contributed by atoms with Gasteiger partial charge >= 0.3 is 0 Å². The van der Waals surface area contributed by atoms with Crippen molar-refractivity contribution in [2.75, 3.05) is 6.54 Å². The molecule has 0 bridgehead atoms. The molecule has 2 rings (SSSR count). The largest absolute Gasteiger partial charge is 0.443 e. The summed E-state index contributed by atoms with van der Waals surface area (Å²) in [6.45, 7) is 5.95. The van der Waals surface area contributed by atoms with Crippen LogP contribution >= 0.6 is 27.5 Å². The number of nitrogens with one attached hydrogen (secondary N) is 1. The van der Waals surface area contributed by atoms with Crippen molar-refractivity contribution in [3.63, 3.8) is 0 Å². The second-order valence-electron chi connectivity index (χ2n) is 4.78. The average Bonchev–Trinajstić information content (AvgIpc) is 2.80. The second-order valence-corrected chi connectivity index (χ2v) is 6.10. The molecule has 0 aliphatic carbocycles. The molecule has 3 nitrogen and oxygen atoms in total. The molecule has 0 aliphatic heterocycles. The Morgan fingerprint density at radius 3 is 2.95 bits per heavy atom. The first kappa shape index (κ1) is 14.6. The number of oxazole rings is 1. The van der Waals surface area contributed by atoms with Crippen molar-refractivity contribution in [2.24, 2.45) is 5.92 Å². The molecule has 0 saturated carbocycles. The minimum absolute atomic E-state index is 0.602. The van der Waals surface area contributed by atoms with E-state index in [4.69, 9.17) is 16.0 Å². The fourth-order valence-corrected chi connectivity index (χ4v) is 2.33. The second kappa shape index (κ2) is 6.55. The lowest BCUT2D eigenvalue weighted by molar-refractivity contribution is 0.545. The molecule has 1 aromatic carbocycles. The van der Waals surface area contributed by atoms with Gasteiger partial charge in [-0.15, -0.1) is 0 Å². The number of hydrogen-bond donors (Lipinski definition) is 1. The Balaban J connectivity index is 2.21. The lowest BCUT2D eigenvalue weighted by Gasteiger charge is -2.07. The molecule has 0 saturated heterocycles. The number of rotatable bonds is 5. The number of benzene rings is 1. The molecular weight excluding hydrogens is 328 g/mol. The van der Waals surface area contributed by atoms with Gasteiger partial charge in [-0.1, -0.05) is 41.4 Å². The van der Waals surface area contributed by atoms with Gasteiger partial charge in [0, 0.05) is 16.6 Å². The van der Waals surface area contributed by atoms with Gasteiger partial charge in [0.05, 0.1) is 5.02 Å². The molecule has 1 aromatic heterocycles. The zero-order valence-electron chi connectivity index (χ0n) is 10.9. The van der Waals surface area contributed by atoms with Crippen LogP contribution in [0.5, 0.6) is 0 Å². The molecule has 5 heteroatoms. The predicted molar refractivity (Wildman–Crippen MR) is 81.2 cm³/mol. The van der Waals surface area contributed by atoms with Gasteiger partial charge in [-0.25, -0.2) is 4.98 Å². The van der Waals surface area contributed by atoms with Gasteiger partial charge in [0.2, 0.25) is 0 Å². The lowest BCUT2D eigenvalue weighted by Crippen LogP contribution is -2.19. The molecule has 1 heterocycles. The lowest BCUT2D eigenvalue weighted by atomic mass is 10.1. The minimum Gasteiger partial charge on any atom is -0.443 e. The maximum Gasteiger partial charge on any atom is 0.181 e. The highest BCUT2D eigenvalue weighted by molar-refractivity contribution is 9.10. The van der Waals surface area contributed by atoms with Gasteiger partial charge in [0.15, 0.2) is 12.2 Å². The van der Waals surface area contributed by atoms with Crippen LogP contribution in [0.15, 0.2) is 33.5 Å². The zero-order valence-corrected chi connectivity index (χ0v) is 13.3. The highest BCUT2D eigenvalue weighted by Gasteiger charge is 2.14. The molecular formula is C14H16BrClN2O. The van der Waals surface area contributed by atoms with Crippen molar-refractivity contribution in [1.82, 2.24) is 10.3 Å². The number of aromatic nitrogens is 1. The topological polar surface area (TPSA) is 38.1 Å². The minimum atomic E-state index is 0.602. The van der Waals surface area contributed by atoms with Crippen LogP contribution < -0.4 is 5.32 Å². The van der Waals surface area contributed by atoms with Crippen molar-refractivity contribution in [3.05, 3.63) is 39.8 Å². The van der Waals surface area contributed by atoms with Gasteiger partial charge in [0.25, 0.3) is 0 Å². The van der Waals surface area contributed by atoms with E-state index in [-0.39, 0.29) is 0 Å². The van der Waals surface area contributed by atoms with Crippen LogP contribution in [-0.4, -0.2) is 11.5 Å². The van der Waals surface area contributed by atoms with Crippen LogP contribution in [0.4, 0.5) is 0 Å². The maximum absolute atomic E-state index is 6.22. The van der Waals surface area contributed by atoms with E-state index in [9.17, 15) is 0 Å². The third-order valence-corrected chi connectivity index (χ3v) is 3.48. The van der Waals surface area contributed by atoms with Crippen LogP contribution in [0.2, 0.25) is 5.02 Å². The highest BCUT2D eigenvalue weighted by Crippen LogP contribution is 2.32. The Morgan fingerprint density at radius 2 is 2.21 bits per heavy atom. The first-order chi connectivity index (χ1) is 9.08. The predicted octanol–water partition coefficient (Wildman–Crippen LogP) is 4.50. The first-order valence-corrected chi connectivity index (χ1v) is 7.33. The summed E-state index contributed by atoms with van der Waals surface area (Å²) in [5, 5.41) is 4.01. The molecule has 0 unspecified atom stereocenters. The summed E-state index contributed by atoms with van der Waals surface area (Å²) in [6, 6.07) is 5.68. The van der Waals surface area contributed by atoms with E-state index < -0.39 is 0 Å². The monoisotopic (exact) mass is 342 g/mol. The van der Waals surface area contributed by atoms with E-state index in [1.807, 2.05) is 18.2 Å². The van der Waals surface area contributed by atoms with Crippen LogP contribution in [-0.2, 0) is 6.54 Å². The van der Waals surface area contributed by atoms with Crippen LogP contribution in [0.3, 0.4) is 0 Å². The van der Waals surface area contributed by atoms with Gasteiger partial charge in [-0.05, 0) is 30.7 Å². The summed E-state index contributed by atoms with van der Waals surface area (Å²) < 4.78 is 6.45. The quantitative estimate of drug-likeness (QED) is 0.868. The SMILES string of the molecule is CC(C)CNCc1ncoc1-c1cc(Br)ccc1Cl. The van der Waals surface area contributed by atoms with Crippen LogP contribution in [0.1, 0.15) is 19.5 Å². The molecule has 2 aromatic rings. The number of nitrogens with zero attached hydrogens (tertiary/aromatic N) is 1. The standard InChI is InChI=1S/C14H16BrClN2O/c1-9(2)6-17-7-13-14(19-8-18-13)11-5-10(15)3-4-12(11)16/h3-5,8-9,17H,6-7H2,1-2H3. The summed E-state index contributed by atoms with van der Waals surface area (Å²) >= 11 is 9.66. The fraction of sp³-hybridized carbons (Fsp3) is 0.357. The van der Waals surface area contributed by atoms with Gasteiger partial charge in [-0.2, -0.15) is 0 Å². The maximum atomic E-state index is 6.22. The van der Waals surface area contributed by atoms with Crippen molar-refractivity contribution in [2.45, 2.75) is 20.4 Å². The Morgan fingerprint density at radius 1 is 1.42 bits per heavy atom. The molecule has 0 fully saturated rings. The highest BCUT2D eigenvalue weighted by atomic mass is 79.9. The summed E-state index contributed by atoms with van der Waals surface area (Å²) in [6.07, 6.45) is 1.46. The summed E-state index contributed by atoms with van der Waals surface area (Å²) in [7, 11) is 0. The van der Waals surface area contributed by atoms with Crippen LogP contribution in [0, 0.1) is 5.92 Å². The summed E-state index contributed by atoms with van der Waals surface area (Å²) in [5.74, 6) is 1.33. The smallest absolute Gasteiger partial charge is 0.181 e. The molecule has 0 radical (unpaired) electrons.